The number of nitrogens with zero attached hydrogens (tertiary/aromatic N) is 3. The van der Waals surface area contributed by atoms with Crippen LogP contribution in [-0.4, -0.2) is 33.0 Å². The quantitative estimate of drug-likeness (QED) is 0.688. The summed E-state index contributed by atoms with van der Waals surface area (Å²) in [5.74, 6) is 0.190. The molecule has 0 bridgehead atoms. The van der Waals surface area contributed by atoms with E-state index < -0.39 is 0 Å². The van der Waals surface area contributed by atoms with E-state index in [2.05, 4.69) is 10.4 Å². The Morgan fingerprint density at radius 2 is 1.61 bits per heavy atom. The van der Waals surface area contributed by atoms with Gasteiger partial charge in [-0.05, 0) is 18.1 Å². The summed E-state index contributed by atoms with van der Waals surface area (Å²) >= 11 is 0. The van der Waals surface area contributed by atoms with Crippen molar-refractivity contribution in [3.05, 3.63) is 83.6 Å². The number of aromatic nitrogens is 2. The summed E-state index contributed by atoms with van der Waals surface area (Å²) in [5.41, 5.74) is 2.30. The van der Waals surface area contributed by atoms with Crippen molar-refractivity contribution in [1.29, 1.82) is 0 Å². The van der Waals surface area contributed by atoms with Gasteiger partial charge in [-0.25, -0.2) is 0 Å². The number of aryl methyl sites for hydroxylation is 1. The van der Waals surface area contributed by atoms with Crippen molar-refractivity contribution < 1.29 is 9.59 Å². The number of hydrogen-bond donors (Lipinski definition) is 1. The molecule has 2 amide bonds. The summed E-state index contributed by atoms with van der Waals surface area (Å²) in [5, 5.41) is 7.12. The van der Waals surface area contributed by atoms with Crippen LogP contribution in [0.5, 0.6) is 0 Å². The van der Waals surface area contributed by atoms with E-state index in [1.165, 1.54) is 4.68 Å². The highest BCUT2D eigenvalue weighted by Gasteiger charge is 2.20. The topological polar surface area (TPSA) is 67.2 Å². The van der Waals surface area contributed by atoms with Crippen LogP contribution in [0, 0.1) is 0 Å². The molecule has 6 heteroatoms. The zero-order valence-electron chi connectivity index (χ0n) is 16.1. The SMILES string of the molecule is CCN(Cc1ccccc1)C(=O)c1cc(NC(=O)Cc2ccccc2)n(C)n1. The molecule has 1 aromatic heterocycles. The van der Waals surface area contributed by atoms with E-state index >= 15 is 0 Å². The average Bonchev–Trinajstić information content (AvgIpc) is 3.07. The van der Waals surface area contributed by atoms with Gasteiger partial charge >= 0.3 is 0 Å². The highest BCUT2D eigenvalue weighted by atomic mass is 16.2. The lowest BCUT2D eigenvalue weighted by Gasteiger charge is -2.19. The molecule has 0 fully saturated rings. The van der Waals surface area contributed by atoms with Crippen LogP contribution < -0.4 is 5.32 Å². The van der Waals surface area contributed by atoms with Gasteiger partial charge in [-0.3, -0.25) is 14.3 Å². The molecular weight excluding hydrogens is 352 g/mol. The molecule has 0 unspecified atom stereocenters. The molecule has 3 rings (SSSR count). The van der Waals surface area contributed by atoms with Gasteiger partial charge in [-0.2, -0.15) is 5.10 Å². The largest absolute Gasteiger partial charge is 0.333 e. The van der Waals surface area contributed by atoms with Crippen molar-refractivity contribution in [2.75, 3.05) is 11.9 Å². The second-order valence-corrected chi connectivity index (χ2v) is 6.55. The molecule has 0 spiro atoms. The van der Waals surface area contributed by atoms with E-state index in [9.17, 15) is 9.59 Å². The number of nitrogens with one attached hydrogen (secondary N) is 1. The molecule has 0 aliphatic heterocycles. The van der Waals surface area contributed by atoms with Crippen molar-refractivity contribution in [1.82, 2.24) is 14.7 Å². The first-order chi connectivity index (χ1) is 13.6. The highest BCUT2D eigenvalue weighted by Crippen LogP contribution is 2.14. The van der Waals surface area contributed by atoms with Gasteiger partial charge < -0.3 is 10.2 Å². The summed E-state index contributed by atoms with van der Waals surface area (Å²) in [7, 11) is 1.71. The van der Waals surface area contributed by atoms with Crippen LogP contribution in [0.15, 0.2) is 66.7 Å². The third kappa shape index (κ3) is 4.85. The summed E-state index contributed by atoms with van der Waals surface area (Å²) < 4.78 is 1.52. The van der Waals surface area contributed by atoms with Crippen molar-refractivity contribution in [3.63, 3.8) is 0 Å². The van der Waals surface area contributed by atoms with Crippen LogP contribution >= 0.6 is 0 Å². The van der Waals surface area contributed by atoms with E-state index in [0.29, 0.717) is 24.6 Å². The zero-order valence-corrected chi connectivity index (χ0v) is 16.1. The maximum Gasteiger partial charge on any atom is 0.274 e. The molecule has 3 aromatic rings. The predicted molar refractivity (Wildman–Crippen MR) is 109 cm³/mol. The molecule has 28 heavy (non-hydrogen) atoms. The molecule has 0 aliphatic rings. The third-order valence-electron chi connectivity index (χ3n) is 4.46. The number of rotatable bonds is 7. The average molecular weight is 376 g/mol. The molecule has 144 valence electrons. The second-order valence-electron chi connectivity index (χ2n) is 6.55. The first-order valence-corrected chi connectivity index (χ1v) is 9.28. The molecule has 0 atom stereocenters. The minimum Gasteiger partial charge on any atom is -0.333 e. The summed E-state index contributed by atoms with van der Waals surface area (Å²) in [4.78, 5) is 26.9. The van der Waals surface area contributed by atoms with Crippen LogP contribution in [0.2, 0.25) is 0 Å². The Hall–Kier alpha value is -3.41. The third-order valence-corrected chi connectivity index (χ3v) is 4.46. The Labute approximate surface area is 164 Å². The smallest absolute Gasteiger partial charge is 0.274 e. The van der Waals surface area contributed by atoms with E-state index in [1.807, 2.05) is 67.6 Å². The van der Waals surface area contributed by atoms with Crippen LogP contribution in [0.25, 0.3) is 0 Å². The maximum atomic E-state index is 12.9. The van der Waals surface area contributed by atoms with Crippen LogP contribution in [0.1, 0.15) is 28.5 Å². The number of carbonyl (C=O) groups excluding carboxylic acids is 2. The lowest BCUT2D eigenvalue weighted by molar-refractivity contribution is -0.115. The van der Waals surface area contributed by atoms with Gasteiger partial charge in [0.25, 0.3) is 5.91 Å². The molecule has 1 heterocycles. The second kappa shape index (κ2) is 8.99. The molecule has 1 N–H and O–H groups in total. The predicted octanol–water partition coefficient (Wildman–Crippen LogP) is 3.26. The molecule has 6 nitrogen and oxygen atoms in total. The summed E-state index contributed by atoms with van der Waals surface area (Å²) in [6.45, 7) is 3.02. The van der Waals surface area contributed by atoms with Gasteiger partial charge in [-0.1, -0.05) is 60.7 Å². The molecule has 0 aliphatic carbocycles. The lowest BCUT2D eigenvalue weighted by Crippen LogP contribution is -2.30. The molecule has 0 saturated carbocycles. The number of amides is 2. The first-order valence-electron chi connectivity index (χ1n) is 9.28. The number of carbonyl (C=O) groups is 2. The van der Waals surface area contributed by atoms with Gasteiger partial charge in [0.1, 0.15) is 5.82 Å². The Kier molecular flexibility index (Phi) is 6.22. The molecule has 0 radical (unpaired) electrons. The van der Waals surface area contributed by atoms with Crippen molar-refractivity contribution in [2.45, 2.75) is 19.9 Å². The Balaban J connectivity index is 1.68. The van der Waals surface area contributed by atoms with Gasteiger partial charge in [0.05, 0.1) is 6.42 Å². The van der Waals surface area contributed by atoms with Gasteiger partial charge in [-0.15, -0.1) is 0 Å². The van der Waals surface area contributed by atoms with Crippen LogP contribution in [0.3, 0.4) is 0 Å². The van der Waals surface area contributed by atoms with E-state index in [0.717, 1.165) is 11.1 Å². The minimum absolute atomic E-state index is 0.148. The van der Waals surface area contributed by atoms with Gasteiger partial charge in [0, 0.05) is 26.2 Å². The number of hydrogen-bond acceptors (Lipinski definition) is 3. The van der Waals surface area contributed by atoms with Crippen LogP contribution in [0.4, 0.5) is 5.82 Å². The van der Waals surface area contributed by atoms with Crippen molar-refractivity contribution in [2.24, 2.45) is 7.05 Å². The Morgan fingerprint density at radius 3 is 2.21 bits per heavy atom. The van der Waals surface area contributed by atoms with E-state index in [4.69, 9.17) is 0 Å². The first kappa shape index (κ1) is 19.4. The van der Waals surface area contributed by atoms with E-state index in [-0.39, 0.29) is 18.2 Å². The monoisotopic (exact) mass is 376 g/mol. The van der Waals surface area contributed by atoms with Crippen molar-refractivity contribution >= 4 is 17.6 Å². The van der Waals surface area contributed by atoms with Crippen LogP contribution in [-0.2, 0) is 24.8 Å². The minimum atomic E-state index is -0.162. The zero-order chi connectivity index (χ0) is 19.9. The number of anilines is 1. The molecule has 0 saturated heterocycles. The molecule has 2 aromatic carbocycles. The van der Waals surface area contributed by atoms with Crippen molar-refractivity contribution in [3.8, 4) is 0 Å². The number of benzene rings is 2. The fourth-order valence-electron chi connectivity index (χ4n) is 2.95. The normalized spacial score (nSPS) is 10.5. The maximum absolute atomic E-state index is 12.9. The summed E-state index contributed by atoms with van der Waals surface area (Å²) in [6, 6.07) is 21.0. The van der Waals surface area contributed by atoms with Gasteiger partial charge in [0.15, 0.2) is 5.69 Å². The highest BCUT2D eigenvalue weighted by molar-refractivity contribution is 5.96. The summed E-state index contributed by atoms with van der Waals surface area (Å²) in [6.07, 6.45) is 0.268. The Bertz CT molecular complexity index is 936. The Morgan fingerprint density at radius 1 is 1.00 bits per heavy atom. The van der Waals surface area contributed by atoms with Gasteiger partial charge in [0.2, 0.25) is 5.91 Å². The fraction of sp³-hybridized carbons (Fsp3) is 0.227. The standard InChI is InChI=1S/C22H24N4O2/c1-3-26(16-18-12-8-5-9-13-18)22(28)19-15-20(25(2)24-19)23-21(27)14-17-10-6-4-7-11-17/h4-13,15H,3,14,16H2,1-2H3,(H,23,27). The molecular formula is C22H24N4O2. The fourth-order valence-corrected chi connectivity index (χ4v) is 2.95. The lowest BCUT2D eigenvalue weighted by atomic mass is 10.1. The van der Waals surface area contributed by atoms with E-state index in [1.54, 1.807) is 18.0 Å².